The average molecular weight is 363 g/mol. The molecule has 0 amide bonds. The fraction of sp³-hybridized carbons (Fsp3) is 0.556. The maximum Gasteiger partial charge on any atom is 0.248 e. The fourth-order valence-corrected chi connectivity index (χ4v) is 3.45. The van der Waals surface area contributed by atoms with Crippen molar-refractivity contribution in [2.24, 2.45) is 0 Å². The van der Waals surface area contributed by atoms with Crippen LogP contribution in [0.15, 0.2) is 24.4 Å². The smallest absolute Gasteiger partial charge is 0.248 e. The minimum atomic E-state index is -2.53. The molecule has 1 aliphatic heterocycles. The average Bonchev–Trinajstić information content (AvgIpc) is 3.19. The Kier molecular flexibility index (Phi) is 4.76. The number of nitrogens with one attached hydrogen (secondary N) is 2. The van der Waals surface area contributed by atoms with Crippen LogP contribution in [0.5, 0.6) is 0 Å². The molecule has 6 nitrogen and oxygen atoms in total. The quantitative estimate of drug-likeness (QED) is 0.873. The molecule has 2 aliphatic rings. The monoisotopic (exact) mass is 363 g/mol. The van der Waals surface area contributed by atoms with Gasteiger partial charge in [-0.05, 0) is 25.0 Å². The molecular weight excluding hydrogens is 340 g/mol. The lowest BCUT2D eigenvalue weighted by atomic mass is 9.92. The Hall–Kier alpha value is -2.22. The number of hydrogen-bond donors (Lipinski definition) is 2. The standard InChI is InChI=1S/C18H23F2N5O/c19-18(20)5-3-13(4-6-18)22-15-12-16(25-8-10-26-11-9-25)24-17(23-15)14-2-1-7-21-14/h1-2,7,12-13,21H,3-6,8-11H2,(H,22,23,24). The van der Waals surface area contributed by atoms with Gasteiger partial charge in [0.1, 0.15) is 11.6 Å². The summed E-state index contributed by atoms with van der Waals surface area (Å²) in [6, 6.07) is 5.74. The maximum atomic E-state index is 13.4. The van der Waals surface area contributed by atoms with Gasteiger partial charge in [-0.15, -0.1) is 0 Å². The lowest BCUT2D eigenvalue weighted by molar-refractivity contribution is -0.0361. The van der Waals surface area contributed by atoms with Crippen molar-refractivity contribution >= 4 is 11.6 Å². The first-order valence-corrected chi connectivity index (χ1v) is 9.09. The van der Waals surface area contributed by atoms with Gasteiger partial charge < -0.3 is 19.9 Å². The molecule has 8 heteroatoms. The second-order valence-electron chi connectivity index (χ2n) is 6.89. The van der Waals surface area contributed by atoms with Crippen molar-refractivity contribution in [1.82, 2.24) is 15.0 Å². The zero-order valence-corrected chi connectivity index (χ0v) is 14.5. The van der Waals surface area contributed by atoms with Gasteiger partial charge in [-0.2, -0.15) is 0 Å². The first-order chi connectivity index (χ1) is 12.6. The molecule has 0 radical (unpaired) electrons. The van der Waals surface area contributed by atoms with E-state index in [0.29, 0.717) is 37.7 Å². The number of aromatic amines is 1. The molecule has 3 heterocycles. The molecule has 0 bridgehead atoms. The maximum absolute atomic E-state index is 13.4. The van der Waals surface area contributed by atoms with E-state index < -0.39 is 5.92 Å². The lowest BCUT2D eigenvalue weighted by Crippen LogP contribution is -2.37. The molecule has 2 aromatic rings. The van der Waals surface area contributed by atoms with Crippen LogP contribution in [-0.4, -0.2) is 53.2 Å². The van der Waals surface area contributed by atoms with Gasteiger partial charge in [0.25, 0.3) is 0 Å². The third-order valence-electron chi connectivity index (χ3n) is 4.96. The Morgan fingerprint density at radius 1 is 1.19 bits per heavy atom. The summed E-state index contributed by atoms with van der Waals surface area (Å²) in [4.78, 5) is 14.6. The highest BCUT2D eigenvalue weighted by molar-refractivity contribution is 5.59. The highest BCUT2D eigenvalue weighted by atomic mass is 19.3. The number of rotatable bonds is 4. The fourth-order valence-electron chi connectivity index (χ4n) is 3.45. The van der Waals surface area contributed by atoms with Crippen LogP contribution in [0.1, 0.15) is 25.7 Å². The zero-order chi connectivity index (χ0) is 18.0. The van der Waals surface area contributed by atoms with Crippen molar-refractivity contribution in [3.8, 4) is 11.5 Å². The summed E-state index contributed by atoms with van der Waals surface area (Å²) in [6.07, 6.45) is 2.57. The lowest BCUT2D eigenvalue weighted by Gasteiger charge is -2.30. The van der Waals surface area contributed by atoms with Gasteiger partial charge in [-0.3, -0.25) is 0 Å². The van der Waals surface area contributed by atoms with E-state index in [1.807, 2.05) is 24.4 Å². The predicted octanol–water partition coefficient (Wildman–Crippen LogP) is 3.30. The highest BCUT2D eigenvalue weighted by Gasteiger charge is 2.35. The summed E-state index contributed by atoms with van der Waals surface area (Å²) in [5, 5.41) is 3.34. The van der Waals surface area contributed by atoms with Crippen molar-refractivity contribution in [3.63, 3.8) is 0 Å². The van der Waals surface area contributed by atoms with Crippen molar-refractivity contribution in [2.45, 2.75) is 37.6 Å². The highest BCUT2D eigenvalue weighted by Crippen LogP contribution is 2.34. The van der Waals surface area contributed by atoms with Crippen LogP contribution in [0.2, 0.25) is 0 Å². The van der Waals surface area contributed by atoms with Crippen LogP contribution in [0.4, 0.5) is 20.4 Å². The third-order valence-corrected chi connectivity index (χ3v) is 4.96. The summed E-state index contributed by atoms with van der Waals surface area (Å²) in [6.45, 7) is 2.89. The molecule has 2 N–H and O–H groups in total. The van der Waals surface area contributed by atoms with Gasteiger partial charge in [0.2, 0.25) is 5.92 Å². The normalized spacial score (nSPS) is 20.9. The molecule has 1 saturated carbocycles. The van der Waals surface area contributed by atoms with E-state index in [9.17, 15) is 8.78 Å². The summed E-state index contributed by atoms with van der Waals surface area (Å²) in [5.74, 6) is -0.418. The SMILES string of the molecule is FC1(F)CCC(Nc2cc(N3CCOCC3)nc(-c3ccc[nH]3)n2)CC1. The molecular formula is C18H23F2N5O. The van der Waals surface area contributed by atoms with Crippen LogP contribution in [0.25, 0.3) is 11.5 Å². The van der Waals surface area contributed by atoms with E-state index >= 15 is 0 Å². The molecule has 1 saturated heterocycles. The topological polar surface area (TPSA) is 66.1 Å². The van der Waals surface area contributed by atoms with Crippen LogP contribution < -0.4 is 10.2 Å². The molecule has 0 aromatic carbocycles. The number of anilines is 2. The van der Waals surface area contributed by atoms with E-state index in [-0.39, 0.29) is 18.9 Å². The number of morpholine rings is 1. The van der Waals surface area contributed by atoms with Crippen molar-refractivity contribution in [2.75, 3.05) is 36.5 Å². The Morgan fingerprint density at radius 2 is 1.96 bits per heavy atom. The molecule has 0 spiro atoms. The Morgan fingerprint density at radius 3 is 2.65 bits per heavy atom. The first-order valence-electron chi connectivity index (χ1n) is 9.09. The van der Waals surface area contributed by atoms with Crippen LogP contribution in [0, 0.1) is 0 Å². The second-order valence-corrected chi connectivity index (χ2v) is 6.89. The Bertz CT molecular complexity index is 721. The van der Waals surface area contributed by atoms with Crippen LogP contribution in [0.3, 0.4) is 0 Å². The number of nitrogens with zero attached hydrogens (tertiary/aromatic N) is 3. The van der Waals surface area contributed by atoms with Gasteiger partial charge in [0.15, 0.2) is 5.82 Å². The molecule has 140 valence electrons. The molecule has 4 rings (SSSR count). The second kappa shape index (κ2) is 7.19. The summed E-state index contributed by atoms with van der Waals surface area (Å²) < 4.78 is 32.2. The van der Waals surface area contributed by atoms with Gasteiger partial charge >= 0.3 is 0 Å². The van der Waals surface area contributed by atoms with E-state index in [4.69, 9.17) is 4.74 Å². The van der Waals surface area contributed by atoms with Gasteiger partial charge in [-0.25, -0.2) is 18.7 Å². The minimum absolute atomic E-state index is 0.0126. The van der Waals surface area contributed by atoms with E-state index in [1.165, 1.54) is 0 Å². The minimum Gasteiger partial charge on any atom is -0.378 e. The van der Waals surface area contributed by atoms with Gasteiger partial charge in [0.05, 0.1) is 18.9 Å². The van der Waals surface area contributed by atoms with Crippen LogP contribution in [-0.2, 0) is 4.74 Å². The molecule has 2 aromatic heterocycles. The van der Waals surface area contributed by atoms with Crippen molar-refractivity contribution in [1.29, 1.82) is 0 Å². The van der Waals surface area contributed by atoms with Gasteiger partial charge in [-0.1, -0.05) is 0 Å². The summed E-state index contributed by atoms with van der Waals surface area (Å²) in [7, 11) is 0. The molecule has 26 heavy (non-hydrogen) atoms. The Labute approximate surface area is 151 Å². The van der Waals surface area contributed by atoms with Crippen molar-refractivity contribution < 1.29 is 13.5 Å². The third kappa shape index (κ3) is 3.95. The van der Waals surface area contributed by atoms with E-state index in [0.717, 1.165) is 24.6 Å². The Balaban J connectivity index is 1.57. The molecule has 0 unspecified atom stereocenters. The van der Waals surface area contributed by atoms with Crippen LogP contribution >= 0.6 is 0 Å². The molecule has 1 aliphatic carbocycles. The summed E-state index contributed by atoms with van der Waals surface area (Å²) in [5.41, 5.74) is 0.832. The number of hydrogen-bond acceptors (Lipinski definition) is 5. The van der Waals surface area contributed by atoms with Crippen molar-refractivity contribution in [3.05, 3.63) is 24.4 Å². The molecule has 2 fully saturated rings. The molecule has 0 atom stereocenters. The van der Waals surface area contributed by atoms with Gasteiger partial charge in [0, 0.05) is 44.2 Å². The largest absolute Gasteiger partial charge is 0.378 e. The number of H-pyrrole nitrogens is 1. The number of aromatic nitrogens is 3. The summed E-state index contributed by atoms with van der Waals surface area (Å²) >= 11 is 0. The number of halogens is 2. The predicted molar refractivity (Wildman–Crippen MR) is 95.7 cm³/mol. The van der Waals surface area contributed by atoms with E-state index in [2.05, 4.69) is 25.2 Å². The first kappa shape index (κ1) is 17.2. The van der Waals surface area contributed by atoms with E-state index in [1.54, 1.807) is 0 Å². The number of ether oxygens (including phenoxy) is 1. The number of alkyl halides is 2. The zero-order valence-electron chi connectivity index (χ0n) is 14.5.